The van der Waals surface area contributed by atoms with E-state index in [2.05, 4.69) is 56.5 Å². The van der Waals surface area contributed by atoms with Crippen molar-refractivity contribution in [2.75, 3.05) is 7.11 Å². The minimum absolute atomic E-state index is 0.0512. The highest BCUT2D eigenvalue weighted by atomic mass is 16.7. The van der Waals surface area contributed by atoms with E-state index in [0.717, 1.165) is 27.7 Å². The number of phenolic OH excluding ortho intramolecular Hbond substituents is 1. The molecule has 0 radical (unpaired) electrons. The zero-order chi connectivity index (χ0) is 23.3. The van der Waals surface area contributed by atoms with Crippen LogP contribution < -0.4 is 14.3 Å². The predicted octanol–water partition coefficient (Wildman–Crippen LogP) is 4.62. The minimum atomic E-state index is -0.278. The minimum Gasteiger partial charge on any atom is -0.504 e. The van der Waals surface area contributed by atoms with E-state index in [1.54, 1.807) is 29.5 Å². The number of aromatic nitrogens is 4. The molecule has 166 valence electrons. The van der Waals surface area contributed by atoms with Gasteiger partial charge in [-0.1, -0.05) is 41.5 Å². The van der Waals surface area contributed by atoms with Gasteiger partial charge in [-0.15, -0.1) is 0 Å². The monoisotopic (exact) mass is 433 g/mol. The van der Waals surface area contributed by atoms with Gasteiger partial charge in [-0.3, -0.25) is 4.84 Å². The fourth-order valence-electron chi connectivity index (χ4n) is 3.92. The second-order valence-electron chi connectivity index (χ2n) is 9.95. The van der Waals surface area contributed by atoms with Crippen LogP contribution in [0.3, 0.4) is 0 Å². The lowest BCUT2D eigenvalue weighted by atomic mass is 9.89. The molecule has 1 N–H and O–H groups in total. The molecule has 4 aromatic rings. The van der Waals surface area contributed by atoms with Gasteiger partial charge in [0, 0.05) is 22.3 Å². The lowest BCUT2D eigenvalue weighted by Crippen LogP contribution is -2.48. The maximum atomic E-state index is 10.2. The van der Waals surface area contributed by atoms with Crippen LogP contribution in [0.25, 0.3) is 21.8 Å². The molecule has 2 aromatic heterocycles. The first-order valence-corrected chi connectivity index (χ1v) is 10.5. The topological polar surface area (TPSA) is 81.2 Å². The van der Waals surface area contributed by atoms with Crippen molar-refractivity contribution >= 4 is 21.8 Å². The van der Waals surface area contributed by atoms with Crippen molar-refractivity contribution in [3.05, 3.63) is 54.4 Å². The lowest BCUT2D eigenvalue weighted by molar-refractivity contribution is -0.883. The molecule has 0 bridgehead atoms. The SMILES string of the molecule is COc1cc2c(C(C)(C)C)[n+](Oc3ccc4ncnc(C(C)(C)C)c4c3)cnc2cc1O. The van der Waals surface area contributed by atoms with Crippen molar-refractivity contribution in [2.45, 2.75) is 52.4 Å². The van der Waals surface area contributed by atoms with E-state index >= 15 is 0 Å². The van der Waals surface area contributed by atoms with Crippen LogP contribution in [-0.4, -0.2) is 27.2 Å². The first-order chi connectivity index (χ1) is 15.0. The summed E-state index contributed by atoms with van der Waals surface area (Å²) in [6.07, 6.45) is 3.23. The molecule has 0 amide bonds. The van der Waals surface area contributed by atoms with Gasteiger partial charge in [0.15, 0.2) is 28.5 Å². The number of methoxy groups -OCH3 is 1. The Balaban J connectivity index is 1.89. The van der Waals surface area contributed by atoms with Crippen LogP contribution in [0.4, 0.5) is 0 Å². The summed E-state index contributed by atoms with van der Waals surface area (Å²) in [6, 6.07) is 9.20. The molecule has 0 fully saturated rings. The summed E-state index contributed by atoms with van der Waals surface area (Å²) in [5.41, 5.74) is 2.99. The fraction of sp³-hybridized carbons (Fsp3) is 0.360. The number of aromatic hydroxyl groups is 1. The van der Waals surface area contributed by atoms with Crippen LogP contribution in [0.5, 0.6) is 17.2 Å². The molecular weight excluding hydrogens is 404 g/mol. The summed E-state index contributed by atoms with van der Waals surface area (Å²) in [5.74, 6) is 1.09. The first kappa shape index (κ1) is 21.7. The average molecular weight is 434 g/mol. The molecule has 0 aliphatic carbocycles. The van der Waals surface area contributed by atoms with Gasteiger partial charge in [-0.25, -0.2) is 9.97 Å². The Kier molecular flexibility index (Phi) is 5.15. The number of benzene rings is 2. The van der Waals surface area contributed by atoms with Gasteiger partial charge in [-0.05, 0) is 34.0 Å². The summed E-state index contributed by atoms with van der Waals surface area (Å²) in [7, 11) is 1.53. The zero-order valence-corrected chi connectivity index (χ0v) is 19.6. The zero-order valence-electron chi connectivity index (χ0n) is 19.6. The molecule has 0 unspecified atom stereocenters. The summed E-state index contributed by atoms with van der Waals surface area (Å²) < 4.78 is 7.01. The van der Waals surface area contributed by atoms with Crippen molar-refractivity contribution in [3.8, 4) is 17.2 Å². The van der Waals surface area contributed by atoms with E-state index < -0.39 is 0 Å². The number of hydrogen-bond donors (Lipinski definition) is 1. The molecule has 0 aliphatic heterocycles. The molecule has 7 heteroatoms. The van der Waals surface area contributed by atoms with Crippen LogP contribution >= 0.6 is 0 Å². The Morgan fingerprint density at radius 3 is 2.25 bits per heavy atom. The van der Waals surface area contributed by atoms with Crippen molar-refractivity contribution in [2.24, 2.45) is 0 Å². The van der Waals surface area contributed by atoms with Gasteiger partial charge < -0.3 is 9.84 Å². The molecule has 0 aliphatic rings. The Morgan fingerprint density at radius 2 is 1.59 bits per heavy atom. The summed E-state index contributed by atoms with van der Waals surface area (Å²) >= 11 is 0. The van der Waals surface area contributed by atoms with Crippen molar-refractivity contribution in [1.29, 1.82) is 0 Å². The number of phenols is 1. The van der Waals surface area contributed by atoms with E-state index in [1.165, 1.54) is 7.11 Å². The standard InChI is InChI=1S/C25H28N4O3/c1-24(2,3)22-16-10-15(8-9-18(16)26-13-27-22)32-29-14-28-19-12-20(30)21(31-7)11-17(19)23(29)25(4,5)6/h8-14H,1-7H3/p+1. The Morgan fingerprint density at radius 1 is 0.844 bits per heavy atom. The lowest BCUT2D eigenvalue weighted by Gasteiger charge is -2.21. The number of rotatable bonds is 3. The fourth-order valence-corrected chi connectivity index (χ4v) is 3.92. The summed E-state index contributed by atoms with van der Waals surface area (Å²) in [4.78, 5) is 19.8. The van der Waals surface area contributed by atoms with Gasteiger partial charge in [0.25, 0.3) is 0 Å². The predicted molar refractivity (Wildman–Crippen MR) is 123 cm³/mol. The Bertz CT molecular complexity index is 1320. The van der Waals surface area contributed by atoms with E-state index in [9.17, 15) is 5.11 Å². The number of hydrogen-bond acceptors (Lipinski definition) is 6. The third kappa shape index (κ3) is 3.90. The van der Waals surface area contributed by atoms with Crippen molar-refractivity contribution < 1.29 is 19.4 Å². The van der Waals surface area contributed by atoms with Gasteiger partial charge in [0.2, 0.25) is 0 Å². The molecule has 0 atom stereocenters. The number of ether oxygens (including phenoxy) is 1. The van der Waals surface area contributed by atoms with E-state index in [4.69, 9.17) is 9.57 Å². The molecule has 2 aromatic carbocycles. The largest absolute Gasteiger partial charge is 0.504 e. The Labute approximate surface area is 187 Å². The molecule has 0 saturated heterocycles. The van der Waals surface area contributed by atoms with Gasteiger partial charge in [0.1, 0.15) is 6.33 Å². The molecule has 32 heavy (non-hydrogen) atoms. The van der Waals surface area contributed by atoms with Gasteiger partial charge >= 0.3 is 6.33 Å². The molecule has 2 heterocycles. The molecule has 0 saturated carbocycles. The van der Waals surface area contributed by atoms with Crippen LogP contribution in [0.1, 0.15) is 52.9 Å². The van der Waals surface area contributed by atoms with Crippen LogP contribution in [0.15, 0.2) is 43.0 Å². The normalized spacial score (nSPS) is 12.3. The highest BCUT2D eigenvalue weighted by Gasteiger charge is 2.30. The van der Waals surface area contributed by atoms with E-state index in [-0.39, 0.29) is 16.6 Å². The van der Waals surface area contributed by atoms with E-state index in [0.29, 0.717) is 17.0 Å². The second kappa shape index (κ2) is 7.58. The molecule has 7 nitrogen and oxygen atoms in total. The highest BCUT2D eigenvalue weighted by Crippen LogP contribution is 2.35. The maximum Gasteiger partial charge on any atom is 0.326 e. The molecular formula is C25H29N4O3+. The molecule has 4 rings (SSSR count). The Hall–Kier alpha value is -3.48. The van der Waals surface area contributed by atoms with E-state index in [1.807, 2.05) is 18.2 Å². The second-order valence-corrected chi connectivity index (χ2v) is 9.95. The van der Waals surface area contributed by atoms with Gasteiger partial charge in [0.05, 0.1) is 23.7 Å². The quantitative estimate of drug-likeness (QED) is 0.475. The van der Waals surface area contributed by atoms with Crippen LogP contribution in [-0.2, 0) is 10.8 Å². The van der Waals surface area contributed by atoms with Crippen LogP contribution in [0.2, 0.25) is 0 Å². The van der Waals surface area contributed by atoms with Crippen molar-refractivity contribution in [1.82, 2.24) is 15.0 Å². The van der Waals surface area contributed by atoms with Gasteiger partial charge in [-0.2, -0.15) is 0 Å². The number of fused-ring (bicyclic) bond motifs is 2. The highest BCUT2D eigenvalue weighted by molar-refractivity contribution is 5.85. The summed E-state index contributed by atoms with van der Waals surface area (Å²) in [6.45, 7) is 12.7. The van der Waals surface area contributed by atoms with Crippen molar-refractivity contribution in [3.63, 3.8) is 0 Å². The summed E-state index contributed by atoms with van der Waals surface area (Å²) in [5, 5.41) is 12.0. The van der Waals surface area contributed by atoms with Crippen LogP contribution in [0, 0.1) is 0 Å². The molecule has 0 spiro atoms. The first-order valence-electron chi connectivity index (χ1n) is 10.5. The maximum absolute atomic E-state index is 10.2. The number of nitrogens with zero attached hydrogens (tertiary/aromatic N) is 4. The smallest absolute Gasteiger partial charge is 0.326 e. The third-order valence-electron chi connectivity index (χ3n) is 5.31. The third-order valence-corrected chi connectivity index (χ3v) is 5.31. The average Bonchev–Trinajstić information content (AvgIpc) is 2.71.